The Morgan fingerprint density at radius 1 is 0.960 bits per heavy atom. The Bertz CT molecular complexity index is 692. The van der Waals surface area contributed by atoms with Crippen LogP contribution in [-0.2, 0) is 17.8 Å². The van der Waals surface area contributed by atoms with Crippen molar-refractivity contribution in [3.8, 4) is 0 Å². The second-order valence-corrected chi connectivity index (χ2v) is 6.54. The Morgan fingerprint density at radius 3 is 2.20 bits per heavy atom. The summed E-state index contributed by atoms with van der Waals surface area (Å²) in [6.45, 7) is 4.76. The maximum atomic E-state index is 12.9. The number of piperazine rings is 1. The third-order valence-corrected chi connectivity index (χ3v) is 4.57. The quantitative estimate of drug-likeness (QED) is 0.907. The fraction of sp³-hybridized carbons (Fsp3) is 0.350. The summed E-state index contributed by atoms with van der Waals surface area (Å²) in [5.41, 5.74) is 3.11. The van der Waals surface area contributed by atoms with Gasteiger partial charge in [-0.1, -0.05) is 24.3 Å². The number of nitrogens with zero attached hydrogens (tertiary/aromatic N) is 2. The fourth-order valence-electron chi connectivity index (χ4n) is 2.94. The maximum Gasteiger partial charge on any atom is 0.224 e. The smallest absolute Gasteiger partial charge is 0.224 e. The molecule has 1 aliphatic rings. The molecule has 25 heavy (non-hydrogen) atoms. The lowest BCUT2D eigenvalue weighted by atomic mass is 10.1. The highest BCUT2D eigenvalue weighted by atomic mass is 19.1. The minimum Gasteiger partial charge on any atom is -0.369 e. The molecule has 1 fully saturated rings. The van der Waals surface area contributed by atoms with Gasteiger partial charge in [0.15, 0.2) is 0 Å². The van der Waals surface area contributed by atoms with Gasteiger partial charge in [-0.3, -0.25) is 4.79 Å². The van der Waals surface area contributed by atoms with Gasteiger partial charge in [0.1, 0.15) is 5.82 Å². The van der Waals surface area contributed by atoms with Crippen molar-refractivity contribution in [2.45, 2.75) is 13.0 Å². The van der Waals surface area contributed by atoms with E-state index in [-0.39, 0.29) is 18.1 Å². The Labute approximate surface area is 148 Å². The van der Waals surface area contributed by atoms with Crippen molar-refractivity contribution in [3.63, 3.8) is 0 Å². The van der Waals surface area contributed by atoms with E-state index in [0.29, 0.717) is 6.54 Å². The van der Waals surface area contributed by atoms with Gasteiger partial charge in [-0.05, 0) is 42.4 Å². The van der Waals surface area contributed by atoms with Crippen molar-refractivity contribution < 1.29 is 9.18 Å². The minimum absolute atomic E-state index is 0.0604. The first kappa shape index (κ1) is 17.4. The summed E-state index contributed by atoms with van der Waals surface area (Å²) in [5.74, 6) is -0.348. The molecule has 1 heterocycles. The molecule has 3 rings (SSSR count). The predicted molar refractivity (Wildman–Crippen MR) is 98.1 cm³/mol. The summed E-state index contributed by atoms with van der Waals surface area (Å²) in [7, 11) is 2.15. The summed E-state index contributed by atoms with van der Waals surface area (Å²) < 4.78 is 12.9. The summed E-state index contributed by atoms with van der Waals surface area (Å²) in [5, 5.41) is 2.91. The average Bonchev–Trinajstić information content (AvgIpc) is 2.63. The number of carbonyl (C=O) groups is 1. The average molecular weight is 341 g/mol. The lowest BCUT2D eigenvalue weighted by Crippen LogP contribution is -2.44. The Balaban J connectivity index is 1.48. The van der Waals surface area contributed by atoms with E-state index >= 15 is 0 Å². The number of benzene rings is 2. The molecule has 2 aromatic rings. The van der Waals surface area contributed by atoms with Crippen LogP contribution in [-0.4, -0.2) is 44.0 Å². The molecule has 0 radical (unpaired) electrons. The first-order chi connectivity index (χ1) is 12.1. The van der Waals surface area contributed by atoms with Gasteiger partial charge < -0.3 is 15.1 Å². The van der Waals surface area contributed by atoms with Crippen molar-refractivity contribution in [2.24, 2.45) is 0 Å². The molecular formula is C20H24FN3O. The largest absolute Gasteiger partial charge is 0.369 e. The highest BCUT2D eigenvalue weighted by Gasteiger charge is 2.14. The van der Waals surface area contributed by atoms with Crippen molar-refractivity contribution in [3.05, 3.63) is 65.5 Å². The third-order valence-electron chi connectivity index (χ3n) is 4.57. The summed E-state index contributed by atoms with van der Waals surface area (Å²) in [6, 6.07) is 14.4. The highest BCUT2D eigenvalue weighted by Crippen LogP contribution is 2.17. The van der Waals surface area contributed by atoms with Gasteiger partial charge in [-0.25, -0.2) is 4.39 Å². The van der Waals surface area contributed by atoms with E-state index in [1.54, 1.807) is 12.1 Å². The van der Waals surface area contributed by atoms with Gasteiger partial charge in [-0.15, -0.1) is 0 Å². The van der Waals surface area contributed by atoms with Crippen LogP contribution in [0.4, 0.5) is 10.1 Å². The van der Waals surface area contributed by atoms with Gasteiger partial charge in [0.05, 0.1) is 6.42 Å². The van der Waals surface area contributed by atoms with Crippen LogP contribution in [0.15, 0.2) is 48.5 Å². The van der Waals surface area contributed by atoms with Crippen LogP contribution >= 0.6 is 0 Å². The van der Waals surface area contributed by atoms with Crippen molar-refractivity contribution in [2.75, 3.05) is 38.1 Å². The predicted octanol–water partition coefficient (Wildman–Crippen LogP) is 2.44. The highest BCUT2D eigenvalue weighted by molar-refractivity contribution is 5.78. The molecule has 0 aliphatic carbocycles. The molecule has 5 heteroatoms. The zero-order chi connectivity index (χ0) is 17.6. The van der Waals surface area contributed by atoms with Crippen LogP contribution < -0.4 is 10.2 Å². The van der Waals surface area contributed by atoms with E-state index in [4.69, 9.17) is 0 Å². The fourth-order valence-corrected chi connectivity index (χ4v) is 2.94. The number of anilines is 1. The summed E-state index contributed by atoms with van der Waals surface area (Å²) >= 11 is 0. The van der Waals surface area contributed by atoms with Crippen molar-refractivity contribution in [1.29, 1.82) is 0 Å². The van der Waals surface area contributed by atoms with E-state index < -0.39 is 0 Å². The number of hydrogen-bond donors (Lipinski definition) is 1. The second-order valence-electron chi connectivity index (χ2n) is 6.54. The van der Waals surface area contributed by atoms with Crippen LogP contribution in [0.3, 0.4) is 0 Å². The molecule has 1 aliphatic heterocycles. The van der Waals surface area contributed by atoms with Crippen LogP contribution in [0.1, 0.15) is 11.1 Å². The lowest BCUT2D eigenvalue weighted by molar-refractivity contribution is -0.120. The standard InChI is InChI=1S/C20H24FN3O/c1-23-10-12-24(13-11-23)19-8-4-17(5-9-19)15-22-20(25)14-16-2-6-18(21)7-3-16/h2-9H,10-15H2,1H3,(H,22,25). The zero-order valence-corrected chi connectivity index (χ0v) is 14.5. The van der Waals surface area contributed by atoms with Gasteiger partial charge in [0, 0.05) is 38.4 Å². The van der Waals surface area contributed by atoms with Crippen molar-refractivity contribution in [1.82, 2.24) is 10.2 Å². The van der Waals surface area contributed by atoms with Crippen LogP contribution in [0, 0.1) is 5.82 Å². The molecule has 1 amide bonds. The van der Waals surface area contributed by atoms with Gasteiger partial charge in [0.25, 0.3) is 0 Å². The van der Waals surface area contributed by atoms with Gasteiger partial charge in [0.2, 0.25) is 5.91 Å². The summed E-state index contributed by atoms with van der Waals surface area (Å²) in [4.78, 5) is 16.7. The molecular weight excluding hydrogens is 317 g/mol. The maximum absolute atomic E-state index is 12.9. The van der Waals surface area contributed by atoms with Gasteiger partial charge >= 0.3 is 0 Å². The van der Waals surface area contributed by atoms with Crippen molar-refractivity contribution >= 4 is 11.6 Å². The molecule has 0 unspecified atom stereocenters. The SMILES string of the molecule is CN1CCN(c2ccc(CNC(=O)Cc3ccc(F)cc3)cc2)CC1. The second kappa shape index (κ2) is 8.12. The van der Waals surface area contributed by atoms with E-state index in [1.807, 2.05) is 0 Å². The molecule has 0 aromatic heterocycles. The normalized spacial score (nSPS) is 15.2. The molecule has 0 spiro atoms. The van der Waals surface area contributed by atoms with E-state index in [1.165, 1.54) is 17.8 Å². The summed E-state index contributed by atoms with van der Waals surface area (Å²) in [6.07, 6.45) is 0.264. The molecule has 1 N–H and O–H groups in total. The Hall–Kier alpha value is -2.40. The minimum atomic E-state index is -0.287. The molecule has 4 nitrogen and oxygen atoms in total. The third kappa shape index (κ3) is 5.03. The number of amides is 1. The number of rotatable bonds is 5. The number of nitrogens with one attached hydrogen (secondary N) is 1. The van der Waals surface area contributed by atoms with Gasteiger partial charge in [-0.2, -0.15) is 0 Å². The zero-order valence-electron chi connectivity index (χ0n) is 14.5. The Morgan fingerprint density at radius 2 is 1.56 bits per heavy atom. The monoisotopic (exact) mass is 341 g/mol. The number of likely N-dealkylation sites (N-methyl/N-ethyl adjacent to an activating group) is 1. The molecule has 0 saturated carbocycles. The molecule has 1 saturated heterocycles. The van der Waals surface area contributed by atoms with E-state index in [2.05, 4.69) is 46.4 Å². The van der Waals surface area contributed by atoms with E-state index in [9.17, 15) is 9.18 Å². The van der Waals surface area contributed by atoms with Crippen LogP contribution in [0.25, 0.3) is 0 Å². The number of halogens is 1. The number of carbonyl (C=O) groups excluding carboxylic acids is 1. The lowest BCUT2D eigenvalue weighted by Gasteiger charge is -2.34. The molecule has 0 bridgehead atoms. The molecule has 0 atom stereocenters. The first-order valence-corrected chi connectivity index (χ1v) is 8.64. The Kier molecular flexibility index (Phi) is 5.66. The topological polar surface area (TPSA) is 35.6 Å². The number of hydrogen-bond acceptors (Lipinski definition) is 3. The van der Waals surface area contributed by atoms with Crippen LogP contribution in [0.5, 0.6) is 0 Å². The molecule has 132 valence electrons. The first-order valence-electron chi connectivity index (χ1n) is 8.64. The van der Waals surface area contributed by atoms with Crippen LogP contribution in [0.2, 0.25) is 0 Å². The molecule has 2 aromatic carbocycles. The van der Waals surface area contributed by atoms with E-state index in [0.717, 1.165) is 37.3 Å².